The van der Waals surface area contributed by atoms with Gasteiger partial charge < -0.3 is 44.4 Å². The van der Waals surface area contributed by atoms with Gasteiger partial charge in [-0.25, -0.2) is 4.79 Å². The number of morpholine rings is 2. The Labute approximate surface area is 329 Å². The van der Waals surface area contributed by atoms with Gasteiger partial charge in [-0.3, -0.25) is 38.2 Å². The average molecular weight is 821 g/mol. The molecule has 7 rings (SSSR count). The standard InChI is InChI=1S/C20H21Cl2N5O5.C14H18N4O6/c21-13-2-1-12(9-14(13)22)10-23-19(30)16-18(29)17-20(31)26(3-4-27(17)24-16)11-15(28)25-5-7-32-8-6-25;1-23-14(22)10-12(20)11-13(21)17(2-3-18(11)15-10)9(8-19)16-4-6-24-7-5-16/h1-2,9,29H,3-8,10-11H2,(H,23,30);8-9,20H,2-7H2,1H3. The largest absolute Gasteiger partial charge is 0.504 e. The molecule has 2 aromatic heterocycles. The lowest BCUT2D eigenvalue weighted by Gasteiger charge is -2.39. The first-order valence-corrected chi connectivity index (χ1v) is 18.3. The molecule has 0 saturated carbocycles. The predicted molar refractivity (Wildman–Crippen MR) is 193 cm³/mol. The summed E-state index contributed by atoms with van der Waals surface area (Å²) in [6, 6.07) is 4.94. The number of fused-ring (bicyclic) bond motifs is 2. The van der Waals surface area contributed by atoms with E-state index < -0.39 is 41.4 Å². The minimum atomic E-state index is -0.825. The molecule has 0 radical (unpaired) electrons. The lowest BCUT2D eigenvalue weighted by Crippen LogP contribution is -2.57. The number of carbonyl (C=O) groups excluding carboxylic acids is 6. The number of carbonyl (C=O) groups is 6. The van der Waals surface area contributed by atoms with Crippen molar-refractivity contribution >= 4 is 59.1 Å². The summed E-state index contributed by atoms with van der Waals surface area (Å²) in [4.78, 5) is 80.1. The predicted octanol–water partition coefficient (Wildman–Crippen LogP) is -0.172. The van der Waals surface area contributed by atoms with E-state index in [4.69, 9.17) is 32.7 Å². The molecule has 3 N–H and O–H groups in total. The van der Waals surface area contributed by atoms with Crippen molar-refractivity contribution in [3.05, 3.63) is 56.6 Å². The maximum atomic E-state index is 12.9. The highest BCUT2D eigenvalue weighted by atomic mass is 35.5. The summed E-state index contributed by atoms with van der Waals surface area (Å²) in [6.07, 6.45) is -0.0425. The molecule has 1 unspecified atom stereocenters. The molecule has 3 aromatic rings. The molecule has 0 bridgehead atoms. The SMILES string of the molecule is COC(=O)c1nn2c(c1O)C(=O)N(C(C=O)N1CCOCC1)CC2.O=C(NCc1ccc(Cl)c(Cl)c1)c1nn2c(c1O)C(=O)N(CC(=O)N1CCOCC1)CC2. The summed E-state index contributed by atoms with van der Waals surface area (Å²) in [5, 5.41) is 32.1. The van der Waals surface area contributed by atoms with Gasteiger partial charge in [0.05, 0.1) is 56.7 Å². The second-order valence-corrected chi connectivity index (χ2v) is 13.7. The highest BCUT2D eigenvalue weighted by Crippen LogP contribution is 2.29. The van der Waals surface area contributed by atoms with Gasteiger partial charge in [-0.2, -0.15) is 10.2 Å². The summed E-state index contributed by atoms with van der Waals surface area (Å²) < 4.78 is 17.6. The molecule has 4 aliphatic heterocycles. The molecule has 2 saturated heterocycles. The molecule has 1 aromatic carbocycles. The number of benzene rings is 1. The quantitative estimate of drug-likeness (QED) is 0.188. The number of aromatic nitrogens is 4. The highest BCUT2D eigenvalue weighted by Gasteiger charge is 2.39. The Hall–Kier alpha value is -5.28. The third-order valence-corrected chi connectivity index (χ3v) is 10.3. The number of nitrogens with zero attached hydrogens (tertiary/aromatic N) is 8. The Morgan fingerprint density at radius 3 is 2.11 bits per heavy atom. The second kappa shape index (κ2) is 17.7. The van der Waals surface area contributed by atoms with Crippen LogP contribution in [0.5, 0.6) is 11.5 Å². The zero-order chi connectivity index (χ0) is 40.1. The lowest BCUT2D eigenvalue weighted by atomic mass is 10.2. The number of ether oxygens (including phenoxy) is 3. The van der Waals surface area contributed by atoms with Gasteiger partial charge in [0.25, 0.3) is 17.7 Å². The molecule has 4 amide bonds. The van der Waals surface area contributed by atoms with Crippen molar-refractivity contribution < 1.29 is 53.2 Å². The van der Waals surface area contributed by atoms with Crippen molar-refractivity contribution in [1.29, 1.82) is 0 Å². The number of rotatable bonds is 9. The molecule has 20 nitrogen and oxygen atoms in total. The van der Waals surface area contributed by atoms with Crippen molar-refractivity contribution in [2.24, 2.45) is 0 Å². The van der Waals surface area contributed by atoms with Crippen LogP contribution in [-0.2, 0) is 43.4 Å². The van der Waals surface area contributed by atoms with Gasteiger partial charge in [-0.05, 0) is 17.7 Å². The molecule has 1 atom stereocenters. The van der Waals surface area contributed by atoms with Gasteiger partial charge in [0, 0.05) is 45.8 Å². The second-order valence-electron chi connectivity index (χ2n) is 12.9. The number of hydrogen-bond acceptors (Lipinski definition) is 14. The van der Waals surface area contributed by atoms with Crippen LogP contribution in [0, 0.1) is 0 Å². The smallest absolute Gasteiger partial charge is 0.362 e. The summed E-state index contributed by atoms with van der Waals surface area (Å²) >= 11 is 11.9. The average Bonchev–Trinajstić information content (AvgIpc) is 3.74. The molecule has 6 heterocycles. The third-order valence-electron chi connectivity index (χ3n) is 9.52. The first-order chi connectivity index (χ1) is 26.9. The van der Waals surface area contributed by atoms with Crippen LogP contribution in [-0.4, -0.2) is 171 Å². The Balaban J connectivity index is 0.000000198. The Morgan fingerprint density at radius 1 is 0.857 bits per heavy atom. The molecule has 300 valence electrons. The number of nitrogens with one attached hydrogen (secondary N) is 1. The molecule has 4 aliphatic rings. The first kappa shape index (κ1) is 40.4. The van der Waals surface area contributed by atoms with E-state index in [0.29, 0.717) is 74.5 Å². The number of aldehydes is 1. The first-order valence-electron chi connectivity index (χ1n) is 17.6. The van der Waals surface area contributed by atoms with Gasteiger partial charge in [0.15, 0.2) is 34.9 Å². The number of methoxy groups -OCH3 is 1. The summed E-state index contributed by atoms with van der Waals surface area (Å²) in [7, 11) is 1.16. The van der Waals surface area contributed by atoms with Crippen LogP contribution in [0.2, 0.25) is 10.0 Å². The van der Waals surface area contributed by atoms with E-state index >= 15 is 0 Å². The zero-order valence-electron chi connectivity index (χ0n) is 30.2. The fourth-order valence-electron chi connectivity index (χ4n) is 6.54. The topological polar surface area (TPSA) is 231 Å². The van der Waals surface area contributed by atoms with Crippen LogP contribution >= 0.6 is 23.2 Å². The van der Waals surface area contributed by atoms with Gasteiger partial charge >= 0.3 is 5.97 Å². The van der Waals surface area contributed by atoms with Gasteiger partial charge in [0.1, 0.15) is 12.7 Å². The number of esters is 1. The fourth-order valence-corrected chi connectivity index (χ4v) is 6.86. The Bertz CT molecular complexity index is 2010. The van der Waals surface area contributed by atoms with Crippen molar-refractivity contribution in [2.45, 2.75) is 25.8 Å². The third kappa shape index (κ3) is 8.43. The normalized spacial score (nSPS) is 17.7. The van der Waals surface area contributed by atoms with Gasteiger partial charge in [-0.15, -0.1) is 0 Å². The highest BCUT2D eigenvalue weighted by molar-refractivity contribution is 6.42. The minimum Gasteiger partial charge on any atom is -0.504 e. The minimum absolute atomic E-state index is 0.106. The van der Waals surface area contributed by atoms with E-state index in [1.165, 1.54) is 19.2 Å². The lowest BCUT2D eigenvalue weighted by molar-refractivity contribution is -0.136. The number of hydrogen-bond donors (Lipinski definition) is 3. The van der Waals surface area contributed by atoms with E-state index in [2.05, 4.69) is 20.3 Å². The Kier molecular flexibility index (Phi) is 12.7. The van der Waals surface area contributed by atoms with Crippen LogP contribution in [0.4, 0.5) is 0 Å². The van der Waals surface area contributed by atoms with Crippen LogP contribution in [0.1, 0.15) is 47.5 Å². The summed E-state index contributed by atoms with van der Waals surface area (Å²) in [5.41, 5.74) is -0.0703. The van der Waals surface area contributed by atoms with Crippen LogP contribution in [0.3, 0.4) is 0 Å². The molecule has 0 spiro atoms. The van der Waals surface area contributed by atoms with Crippen LogP contribution in [0.25, 0.3) is 0 Å². The fraction of sp³-hybridized carbons (Fsp3) is 0.471. The van der Waals surface area contributed by atoms with E-state index in [9.17, 15) is 39.0 Å². The maximum absolute atomic E-state index is 12.9. The van der Waals surface area contributed by atoms with E-state index in [1.807, 2.05) is 4.90 Å². The van der Waals surface area contributed by atoms with Gasteiger partial charge in [-0.1, -0.05) is 29.3 Å². The van der Waals surface area contributed by atoms with Crippen LogP contribution < -0.4 is 5.32 Å². The van der Waals surface area contributed by atoms with E-state index in [1.54, 1.807) is 23.1 Å². The summed E-state index contributed by atoms with van der Waals surface area (Å²) in [6.45, 7) is 4.96. The van der Waals surface area contributed by atoms with E-state index in [-0.39, 0.29) is 68.0 Å². The molecule has 56 heavy (non-hydrogen) atoms. The number of aromatic hydroxyl groups is 2. The van der Waals surface area contributed by atoms with E-state index in [0.717, 1.165) is 7.11 Å². The Morgan fingerprint density at radius 2 is 1.46 bits per heavy atom. The van der Waals surface area contributed by atoms with Crippen LogP contribution in [0.15, 0.2) is 18.2 Å². The zero-order valence-corrected chi connectivity index (χ0v) is 31.7. The molecule has 0 aliphatic carbocycles. The molecular weight excluding hydrogens is 781 g/mol. The molecule has 2 fully saturated rings. The molecule has 22 heteroatoms. The monoisotopic (exact) mass is 819 g/mol. The maximum Gasteiger partial charge on any atom is 0.362 e. The number of halogens is 2. The summed E-state index contributed by atoms with van der Waals surface area (Å²) in [5.74, 6) is -3.79. The van der Waals surface area contributed by atoms with Crippen molar-refractivity contribution in [2.75, 3.05) is 79.4 Å². The van der Waals surface area contributed by atoms with Gasteiger partial charge in [0.2, 0.25) is 11.6 Å². The molecular formula is C34H39Cl2N9O11. The van der Waals surface area contributed by atoms with Crippen molar-refractivity contribution in [3.8, 4) is 11.5 Å². The number of amides is 4. The van der Waals surface area contributed by atoms with Crippen molar-refractivity contribution in [3.63, 3.8) is 0 Å². The van der Waals surface area contributed by atoms with Crippen molar-refractivity contribution in [1.82, 2.24) is 44.5 Å².